The van der Waals surface area contributed by atoms with Crippen LogP contribution in [0, 0.1) is 0 Å². The van der Waals surface area contributed by atoms with Crippen LogP contribution in [0.5, 0.6) is 0 Å². The summed E-state index contributed by atoms with van der Waals surface area (Å²) in [6.07, 6.45) is 5.33. The number of nitrogens with one attached hydrogen (secondary N) is 1. The van der Waals surface area contributed by atoms with E-state index in [-0.39, 0.29) is 19.5 Å². The van der Waals surface area contributed by atoms with Crippen molar-refractivity contribution in [2.24, 2.45) is 0 Å². The molecule has 0 saturated carbocycles. The van der Waals surface area contributed by atoms with Crippen molar-refractivity contribution in [3.05, 3.63) is 116 Å². The van der Waals surface area contributed by atoms with E-state index in [9.17, 15) is 0 Å². The number of H-pyrrole nitrogens is 1. The van der Waals surface area contributed by atoms with E-state index in [4.69, 9.17) is 0 Å². The average molecular weight is 466 g/mol. The van der Waals surface area contributed by atoms with Crippen LogP contribution in [0.15, 0.2) is 116 Å². The molecule has 150 valence electrons. The number of aromatic amines is 1. The standard InChI is InChI=1S/C15H11N3.C12H9N.Zn/c1-3-9-16-13(7-1)12-6-5-11-18-15(12)14-8-2-4-10-17-14;1-3-7-11-9(5-1)10-6-2-4-8-12(10)13-11;/h1-11H;1-8,13H;. The Morgan fingerprint density at radius 2 is 1.00 bits per heavy atom. The van der Waals surface area contributed by atoms with Gasteiger partial charge >= 0.3 is 0 Å². The third-order valence-electron chi connectivity index (χ3n) is 5.07. The van der Waals surface area contributed by atoms with Crippen LogP contribution in [0.25, 0.3) is 44.5 Å². The largest absolute Gasteiger partial charge is 0.355 e. The van der Waals surface area contributed by atoms with Gasteiger partial charge in [0.2, 0.25) is 0 Å². The first-order chi connectivity index (χ1) is 15.4. The molecule has 6 rings (SSSR count). The summed E-state index contributed by atoms with van der Waals surface area (Å²) in [6.45, 7) is 0. The van der Waals surface area contributed by atoms with Crippen LogP contribution < -0.4 is 0 Å². The Balaban J connectivity index is 0.000000155. The number of benzene rings is 2. The summed E-state index contributed by atoms with van der Waals surface area (Å²) < 4.78 is 0. The van der Waals surface area contributed by atoms with E-state index in [0.29, 0.717) is 0 Å². The predicted octanol–water partition coefficient (Wildman–Crippen LogP) is 6.52. The molecule has 0 radical (unpaired) electrons. The molecule has 0 spiro atoms. The zero-order valence-corrected chi connectivity index (χ0v) is 20.5. The molecule has 0 aliphatic carbocycles. The fraction of sp³-hybridized carbons (Fsp3) is 0. The molecule has 0 atom stereocenters. The van der Waals surface area contributed by atoms with Gasteiger partial charge in [0.15, 0.2) is 0 Å². The Morgan fingerprint density at radius 1 is 0.469 bits per heavy atom. The summed E-state index contributed by atoms with van der Waals surface area (Å²) >= 11 is 0. The van der Waals surface area contributed by atoms with E-state index < -0.39 is 0 Å². The van der Waals surface area contributed by atoms with Gasteiger partial charge in [-0.3, -0.25) is 15.0 Å². The van der Waals surface area contributed by atoms with Gasteiger partial charge in [0.05, 0.1) is 17.1 Å². The van der Waals surface area contributed by atoms with Crippen molar-refractivity contribution >= 4 is 21.8 Å². The minimum Gasteiger partial charge on any atom is -0.355 e. The van der Waals surface area contributed by atoms with E-state index in [0.717, 1.165) is 22.6 Å². The summed E-state index contributed by atoms with van der Waals surface area (Å²) in [4.78, 5) is 16.5. The molecule has 0 aliphatic heterocycles. The molecule has 32 heavy (non-hydrogen) atoms. The summed E-state index contributed by atoms with van der Waals surface area (Å²) in [5.41, 5.74) is 6.05. The van der Waals surface area contributed by atoms with Crippen LogP contribution in [0.4, 0.5) is 0 Å². The summed E-state index contributed by atoms with van der Waals surface area (Å²) in [7, 11) is 0. The zero-order valence-electron chi connectivity index (χ0n) is 17.5. The van der Waals surface area contributed by atoms with Crippen LogP contribution in [-0.2, 0) is 19.5 Å². The maximum absolute atomic E-state index is 4.42. The Labute approximate surface area is 199 Å². The number of pyridine rings is 3. The minimum atomic E-state index is 0. The van der Waals surface area contributed by atoms with E-state index >= 15 is 0 Å². The summed E-state index contributed by atoms with van der Waals surface area (Å²) in [5.74, 6) is 0. The molecule has 1 N–H and O–H groups in total. The molecule has 4 nitrogen and oxygen atoms in total. The molecule has 2 aromatic carbocycles. The van der Waals surface area contributed by atoms with Gasteiger partial charge in [-0.05, 0) is 48.5 Å². The number of para-hydroxylation sites is 2. The molecule has 6 aromatic rings. The van der Waals surface area contributed by atoms with E-state index in [1.54, 1.807) is 18.6 Å². The van der Waals surface area contributed by atoms with Crippen LogP contribution in [-0.4, -0.2) is 19.9 Å². The molecular formula is C27H20N4Zn. The number of nitrogens with zero attached hydrogens (tertiary/aromatic N) is 3. The fourth-order valence-corrected chi connectivity index (χ4v) is 3.64. The van der Waals surface area contributed by atoms with Crippen molar-refractivity contribution < 1.29 is 19.5 Å². The topological polar surface area (TPSA) is 54.5 Å². The normalized spacial score (nSPS) is 10.2. The third kappa shape index (κ3) is 4.49. The second-order valence-corrected chi connectivity index (χ2v) is 7.05. The number of hydrogen-bond donors (Lipinski definition) is 1. The first-order valence-electron chi connectivity index (χ1n) is 10.1. The van der Waals surface area contributed by atoms with Crippen LogP contribution >= 0.6 is 0 Å². The number of hydrogen-bond acceptors (Lipinski definition) is 3. The maximum atomic E-state index is 4.42. The molecule has 0 unspecified atom stereocenters. The Morgan fingerprint density at radius 3 is 1.59 bits per heavy atom. The van der Waals surface area contributed by atoms with Gasteiger partial charge in [-0.25, -0.2) is 0 Å². The first kappa shape index (κ1) is 21.5. The van der Waals surface area contributed by atoms with Gasteiger partial charge < -0.3 is 4.98 Å². The average Bonchev–Trinajstić information content (AvgIpc) is 3.24. The van der Waals surface area contributed by atoms with Crippen LogP contribution in [0.3, 0.4) is 0 Å². The van der Waals surface area contributed by atoms with Crippen molar-refractivity contribution in [3.63, 3.8) is 0 Å². The van der Waals surface area contributed by atoms with Crippen molar-refractivity contribution in [2.45, 2.75) is 0 Å². The van der Waals surface area contributed by atoms with Crippen LogP contribution in [0.2, 0.25) is 0 Å². The minimum absolute atomic E-state index is 0. The Hall–Kier alpha value is -3.69. The molecule has 4 aromatic heterocycles. The molecule has 0 amide bonds. The predicted molar refractivity (Wildman–Crippen MR) is 127 cm³/mol. The monoisotopic (exact) mass is 464 g/mol. The van der Waals surface area contributed by atoms with Crippen molar-refractivity contribution in [3.8, 4) is 22.6 Å². The fourth-order valence-electron chi connectivity index (χ4n) is 3.64. The van der Waals surface area contributed by atoms with Gasteiger partial charge in [-0.2, -0.15) is 0 Å². The Kier molecular flexibility index (Phi) is 6.79. The number of rotatable bonds is 2. The SMILES string of the molecule is [Zn].c1ccc(-c2cccnc2-c2ccccn2)nc1.c1ccc2c(c1)[nH]c1ccccc12. The van der Waals surface area contributed by atoms with Gasteiger partial charge in [-0.1, -0.05) is 48.5 Å². The second kappa shape index (κ2) is 10.1. The Bertz CT molecular complexity index is 1320. The number of aromatic nitrogens is 4. The van der Waals surface area contributed by atoms with E-state index in [1.807, 2.05) is 48.5 Å². The van der Waals surface area contributed by atoms with Crippen LogP contribution in [0.1, 0.15) is 0 Å². The van der Waals surface area contributed by atoms with E-state index in [1.165, 1.54) is 21.8 Å². The van der Waals surface area contributed by atoms with Crippen molar-refractivity contribution in [1.29, 1.82) is 0 Å². The van der Waals surface area contributed by atoms with Gasteiger partial charge in [-0.15, -0.1) is 0 Å². The molecule has 5 heteroatoms. The first-order valence-corrected chi connectivity index (χ1v) is 10.1. The molecule has 4 heterocycles. The van der Waals surface area contributed by atoms with Gasteiger partial charge in [0.25, 0.3) is 0 Å². The second-order valence-electron chi connectivity index (χ2n) is 7.05. The number of fused-ring (bicyclic) bond motifs is 3. The molecular weight excluding hydrogens is 446 g/mol. The van der Waals surface area contributed by atoms with Gasteiger partial charge in [0, 0.05) is 65.4 Å². The smallest absolute Gasteiger partial charge is 0.0980 e. The molecule has 0 saturated heterocycles. The van der Waals surface area contributed by atoms with E-state index in [2.05, 4.69) is 68.5 Å². The molecule has 0 bridgehead atoms. The third-order valence-corrected chi connectivity index (χ3v) is 5.07. The molecule has 0 fully saturated rings. The van der Waals surface area contributed by atoms with Gasteiger partial charge in [0.1, 0.15) is 0 Å². The zero-order chi connectivity index (χ0) is 20.9. The quantitative estimate of drug-likeness (QED) is 0.296. The van der Waals surface area contributed by atoms with Crippen molar-refractivity contribution in [2.75, 3.05) is 0 Å². The molecule has 0 aliphatic rings. The van der Waals surface area contributed by atoms with Crippen molar-refractivity contribution in [1.82, 2.24) is 19.9 Å². The maximum Gasteiger partial charge on any atom is 0.0980 e. The summed E-state index contributed by atoms with van der Waals surface area (Å²) in [6, 6.07) is 32.3. The summed E-state index contributed by atoms with van der Waals surface area (Å²) in [5, 5.41) is 2.61.